The highest BCUT2D eigenvalue weighted by Crippen LogP contribution is 2.47. The van der Waals surface area contributed by atoms with Crippen molar-refractivity contribution in [1.29, 1.82) is 0 Å². The highest BCUT2D eigenvalue weighted by atomic mass is 19.3. The zero-order chi connectivity index (χ0) is 34.1. The molecular weight excluding hydrogens is 608 g/mol. The van der Waals surface area contributed by atoms with Crippen molar-refractivity contribution in [2.45, 2.75) is 109 Å². The number of rotatable bonds is 7. The number of carbonyl (C=O) groups is 1. The number of hydrogen-bond donors (Lipinski definition) is 3. The van der Waals surface area contributed by atoms with Gasteiger partial charge in [-0.1, -0.05) is 0 Å². The number of nitrogens with two attached hydrogens (primary N) is 1. The van der Waals surface area contributed by atoms with Gasteiger partial charge in [0.25, 0.3) is 6.43 Å². The molecule has 4 heterocycles. The molecule has 0 amide bonds. The predicted molar refractivity (Wildman–Crippen MR) is 189 cm³/mol. The van der Waals surface area contributed by atoms with Crippen LogP contribution in [0.25, 0.3) is 11.1 Å². The van der Waals surface area contributed by atoms with Crippen LogP contribution in [0, 0.1) is 23.2 Å². The highest BCUT2D eigenvalue weighted by molar-refractivity contribution is 5.73. The number of fused-ring (bicyclic) bond motifs is 1. The summed E-state index contributed by atoms with van der Waals surface area (Å²) < 4.78 is 30.8. The van der Waals surface area contributed by atoms with E-state index in [0.717, 1.165) is 73.8 Å². The molecule has 2 aromatic rings. The SMILES string of the molecule is CC=O.CN1CCC(NC2CCC(C3CCC4(CC3)CNC4)CC2)C([C@@](C)(N)N2CCCc3cc(-c4cnn(C)c4)c(C(F)F)cc32)C1. The Hall–Kier alpha value is -2.40. The van der Waals surface area contributed by atoms with Gasteiger partial charge in [0.15, 0.2) is 0 Å². The average Bonchev–Trinajstić information content (AvgIpc) is 3.50. The summed E-state index contributed by atoms with van der Waals surface area (Å²) in [5.41, 5.74) is 10.8. The number of alkyl halides is 2. The Bertz CT molecular complexity index is 1370. The Balaban J connectivity index is 0.00000129. The predicted octanol–water partition coefficient (Wildman–Crippen LogP) is 5.91. The Labute approximate surface area is 286 Å². The molecule has 1 aromatic heterocycles. The molecule has 4 N–H and O–H groups in total. The summed E-state index contributed by atoms with van der Waals surface area (Å²) in [4.78, 5) is 13.5. The van der Waals surface area contributed by atoms with Gasteiger partial charge in [0.2, 0.25) is 0 Å². The number of hydrogen-bond acceptors (Lipinski definition) is 7. The molecule has 1 aromatic carbocycles. The van der Waals surface area contributed by atoms with Crippen molar-refractivity contribution < 1.29 is 13.6 Å². The number of aryl methyl sites for hydroxylation is 2. The second-order valence-corrected chi connectivity index (χ2v) is 16.0. The number of nitrogens with one attached hydrogen (secondary N) is 2. The lowest BCUT2D eigenvalue weighted by atomic mass is 9.63. The number of carbonyl (C=O) groups excluding carboxylic acids is 1. The molecule has 48 heavy (non-hydrogen) atoms. The number of benzene rings is 1. The van der Waals surface area contributed by atoms with E-state index >= 15 is 0 Å². The van der Waals surface area contributed by atoms with Crippen LogP contribution >= 0.6 is 0 Å². The quantitative estimate of drug-likeness (QED) is 0.317. The van der Waals surface area contributed by atoms with E-state index in [1.807, 2.05) is 19.3 Å². The standard InChI is InChI=1S/C36H55F2N7.C2H4O/c1-35(39,45-15-4-5-26-17-29(27-19-41-44(3)20-27)30(34(37)38)18-33(26)45)31-21-43(2)16-12-32(31)42-28-8-6-24(7-9-28)25-10-13-36(14-11-25)22-40-23-36;1-2-3/h17-20,24-25,28,31-32,34,40,42H,4-16,21-23,39H2,1-3H3;2H,1H3/t24?,28?,31?,32?,35-;/m0./s1. The minimum absolute atomic E-state index is 0.0640. The molecule has 8 nitrogen and oxygen atoms in total. The minimum Gasteiger partial charge on any atom is -0.353 e. The van der Waals surface area contributed by atoms with E-state index in [1.54, 1.807) is 16.9 Å². The van der Waals surface area contributed by atoms with Gasteiger partial charge < -0.3 is 31.0 Å². The van der Waals surface area contributed by atoms with Crippen LogP contribution in [-0.4, -0.2) is 78.5 Å². The fourth-order valence-corrected chi connectivity index (χ4v) is 9.86. The summed E-state index contributed by atoms with van der Waals surface area (Å²) in [6.45, 7) is 8.83. The Morgan fingerprint density at radius 3 is 2.35 bits per heavy atom. The van der Waals surface area contributed by atoms with Crippen LogP contribution in [0.3, 0.4) is 0 Å². The van der Waals surface area contributed by atoms with E-state index in [9.17, 15) is 8.78 Å². The second-order valence-electron chi connectivity index (χ2n) is 16.0. The van der Waals surface area contributed by atoms with Gasteiger partial charge in [-0.3, -0.25) is 4.68 Å². The van der Waals surface area contributed by atoms with Crippen LogP contribution in [0.1, 0.15) is 95.6 Å². The van der Waals surface area contributed by atoms with Crippen molar-refractivity contribution in [3.63, 3.8) is 0 Å². The van der Waals surface area contributed by atoms with Crippen LogP contribution in [-0.2, 0) is 18.3 Å². The number of likely N-dealkylation sites (tertiary alicyclic amines) is 1. The topological polar surface area (TPSA) is 91.4 Å². The van der Waals surface area contributed by atoms with Crippen molar-refractivity contribution >= 4 is 12.0 Å². The zero-order valence-corrected chi connectivity index (χ0v) is 29.7. The third-order valence-electron chi connectivity index (χ3n) is 12.7. The Kier molecular flexibility index (Phi) is 10.9. The van der Waals surface area contributed by atoms with Crippen LogP contribution in [0.4, 0.5) is 14.5 Å². The monoisotopic (exact) mass is 667 g/mol. The summed E-state index contributed by atoms with van der Waals surface area (Å²) in [6, 6.07) is 4.57. The van der Waals surface area contributed by atoms with Crippen molar-refractivity contribution in [3.8, 4) is 11.1 Å². The van der Waals surface area contributed by atoms with Gasteiger partial charge in [-0.2, -0.15) is 5.10 Å². The molecule has 10 heteroatoms. The average molecular weight is 668 g/mol. The fraction of sp³-hybridized carbons (Fsp3) is 0.737. The van der Waals surface area contributed by atoms with Gasteiger partial charge in [-0.15, -0.1) is 0 Å². The first-order valence-corrected chi connectivity index (χ1v) is 18.6. The molecule has 0 radical (unpaired) electrons. The summed E-state index contributed by atoms with van der Waals surface area (Å²) in [5.74, 6) is 2.00. The largest absolute Gasteiger partial charge is 0.353 e. The summed E-state index contributed by atoms with van der Waals surface area (Å²) in [7, 11) is 4.01. The van der Waals surface area contributed by atoms with Gasteiger partial charge >= 0.3 is 0 Å². The minimum atomic E-state index is -2.58. The van der Waals surface area contributed by atoms with E-state index in [4.69, 9.17) is 10.5 Å². The molecule has 0 bridgehead atoms. The molecule has 3 atom stereocenters. The molecule has 2 unspecified atom stereocenters. The lowest BCUT2D eigenvalue weighted by Gasteiger charge is -2.53. The van der Waals surface area contributed by atoms with E-state index < -0.39 is 12.1 Å². The second kappa shape index (κ2) is 14.8. The Morgan fingerprint density at radius 1 is 1.06 bits per heavy atom. The van der Waals surface area contributed by atoms with Gasteiger partial charge in [-0.25, -0.2) is 8.78 Å². The zero-order valence-electron chi connectivity index (χ0n) is 29.7. The number of anilines is 1. The van der Waals surface area contributed by atoms with E-state index in [2.05, 4.69) is 39.5 Å². The van der Waals surface area contributed by atoms with Gasteiger partial charge in [0.05, 0.1) is 11.9 Å². The third kappa shape index (κ3) is 7.37. The number of halogens is 2. The van der Waals surface area contributed by atoms with Gasteiger partial charge in [0, 0.05) is 74.2 Å². The lowest BCUT2D eigenvalue weighted by molar-refractivity contribution is -0.106. The van der Waals surface area contributed by atoms with E-state index in [0.29, 0.717) is 23.1 Å². The maximum atomic E-state index is 14.5. The Morgan fingerprint density at radius 2 is 1.75 bits per heavy atom. The summed E-state index contributed by atoms with van der Waals surface area (Å²) >= 11 is 0. The highest BCUT2D eigenvalue weighted by Gasteiger charge is 2.46. The number of nitrogens with zero attached hydrogens (tertiary/aromatic N) is 4. The van der Waals surface area contributed by atoms with Crippen molar-refractivity contribution in [2.75, 3.05) is 44.7 Å². The van der Waals surface area contributed by atoms with E-state index in [1.165, 1.54) is 71.4 Å². The normalized spacial score (nSPS) is 29.0. The van der Waals surface area contributed by atoms with E-state index in [-0.39, 0.29) is 11.5 Å². The van der Waals surface area contributed by atoms with Crippen LogP contribution in [0.5, 0.6) is 0 Å². The molecule has 266 valence electrons. The number of piperidine rings is 1. The maximum Gasteiger partial charge on any atom is 0.264 e. The first kappa shape index (κ1) is 35.4. The smallest absolute Gasteiger partial charge is 0.264 e. The molecule has 3 aliphatic heterocycles. The molecule has 5 aliphatic rings. The molecule has 2 saturated carbocycles. The summed E-state index contributed by atoms with van der Waals surface area (Å²) in [6.07, 6.45) is 15.5. The number of aromatic nitrogens is 2. The van der Waals surface area contributed by atoms with Gasteiger partial charge in [0.1, 0.15) is 6.29 Å². The molecule has 4 fully saturated rings. The van der Waals surface area contributed by atoms with Crippen molar-refractivity contribution in [1.82, 2.24) is 25.3 Å². The van der Waals surface area contributed by atoms with Crippen LogP contribution in [0.15, 0.2) is 24.5 Å². The lowest BCUT2D eigenvalue weighted by Crippen LogP contribution is -2.69. The summed E-state index contributed by atoms with van der Waals surface area (Å²) in [5, 5.41) is 11.9. The molecule has 1 spiro atoms. The van der Waals surface area contributed by atoms with Gasteiger partial charge in [-0.05, 0) is 139 Å². The van der Waals surface area contributed by atoms with Crippen LogP contribution in [0.2, 0.25) is 0 Å². The number of aldehydes is 1. The van der Waals surface area contributed by atoms with Crippen molar-refractivity contribution in [2.24, 2.45) is 36.0 Å². The molecule has 7 rings (SSSR count). The third-order valence-corrected chi connectivity index (χ3v) is 12.7. The molecular formula is C38H59F2N7O. The van der Waals surface area contributed by atoms with Crippen molar-refractivity contribution in [3.05, 3.63) is 35.7 Å². The molecule has 2 aliphatic carbocycles. The first-order chi connectivity index (χ1) is 23.0. The maximum absolute atomic E-state index is 14.5. The molecule has 2 saturated heterocycles. The van der Waals surface area contributed by atoms with Crippen LogP contribution < -0.4 is 21.3 Å². The fourth-order valence-electron chi connectivity index (χ4n) is 9.86. The first-order valence-electron chi connectivity index (χ1n) is 18.6.